The van der Waals surface area contributed by atoms with Crippen molar-refractivity contribution in [2.24, 2.45) is 0 Å². The Hall–Kier alpha value is -3.31. The molecule has 34 heavy (non-hydrogen) atoms. The molecule has 0 fully saturated rings. The first-order chi connectivity index (χ1) is 16.5. The van der Waals surface area contributed by atoms with Gasteiger partial charge in [0.05, 0.1) is 7.11 Å². The molecule has 2 amide bonds. The zero-order valence-corrected chi connectivity index (χ0v) is 20.4. The summed E-state index contributed by atoms with van der Waals surface area (Å²) in [6.07, 6.45) is 1.50. The fourth-order valence-corrected chi connectivity index (χ4v) is 3.98. The number of rotatable bonds is 11. The number of hydrogen-bond acceptors (Lipinski definition) is 3. The van der Waals surface area contributed by atoms with Gasteiger partial charge >= 0.3 is 0 Å². The molecule has 3 aromatic rings. The summed E-state index contributed by atoms with van der Waals surface area (Å²) < 4.78 is 5.25. The molecular formula is C28H31ClN2O3. The van der Waals surface area contributed by atoms with Crippen LogP contribution in [0.1, 0.15) is 36.5 Å². The number of amides is 2. The largest absolute Gasteiger partial charge is 0.497 e. The van der Waals surface area contributed by atoms with E-state index in [1.54, 1.807) is 18.1 Å². The minimum absolute atomic E-state index is 0.0489. The van der Waals surface area contributed by atoms with Crippen molar-refractivity contribution in [3.8, 4) is 5.75 Å². The highest BCUT2D eigenvalue weighted by Crippen LogP contribution is 2.19. The van der Waals surface area contributed by atoms with Crippen molar-refractivity contribution < 1.29 is 14.3 Å². The number of methoxy groups -OCH3 is 1. The number of carbonyl (C=O) groups excluding carboxylic acids is 2. The molecule has 0 saturated heterocycles. The highest BCUT2D eigenvalue weighted by molar-refractivity contribution is 6.31. The maximum Gasteiger partial charge on any atom is 0.243 e. The number of benzene rings is 3. The summed E-state index contributed by atoms with van der Waals surface area (Å²) in [6.45, 7) is 2.59. The Morgan fingerprint density at radius 1 is 0.941 bits per heavy atom. The minimum atomic E-state index is -0.661. The molecule has 0 aromatic heterocycles. The van der Waals surface area contributed by atoms with Crippen molar-refractivity contribution in [2.75, 3.05) is 7.11 Å². The molecule has 0 aliphatic rings. The molecule has 1 unspecified atom stereocenters. The topological polar surface area (TPSA) is 58.6 Å². The maximum absolute atomic E-state index is 13.5. The zero-order chi connectivity index (χ0) is 24.3. The molecule has 0 bridgehead atoms. The highest BCUT2D eigenvalue weighted by atomic mass is 35.5. The lowest BCUT2D eigenvalue weighted by Crippen LogP contribution is -2.50. The predicted octanol–water partition coefficient (Wildman–Crippen LogP) is 5.41. The first-order valence-corrected chi connectivity index (χ1v) is 11.9. The van der Waals surface area contributed by atoms with Gasteiger partial charge in [-0.3, -0.25) is 9.59 Å². The van der Waals surface area contributed by atoms with Crippen molar-refractivity contribution in [1.82, 2.24) is 10.2 Å². The van der Waals surface area contributed by atoms with Crippen LogP contribution in [-0.2, 0) is 29.1 Å². The van der Waals surface area contributed by atoms with Gasteiger partial charge in [0.1, 0.15) is 11.8 Å². The number of nitrogens with zero attached hydrogens (tertiary/aromatic N) is 1. The van der Waals surface area contributed by atoms with Crippen LogP contribution >= 0.6 is 11.6 Å². The van der Waals surface area contributed by atoms with E-state index >= 15 is 0 Å². The van der Waals surface area contributed by atoms with E-state index in [1.165, 1.54) is 0 Å². The number of hydrogen-bond donors (Lipinski definition) is 1. The summed E-state index contributed by atoms with van der Waals surface area (Å²) in [5.41, 5.74) is 2.75. The van der Waals surface area contributed by atoms with Crippen LogP contribution in [0, 0.1) is 0 Å². The Kier molecular flexibility index (Phi) is 9.53. The third-order valence-corrected chi connectivity index (χ3v) is 6.03. The molecule has 5 nitrogen and oxygen atoms in total. The lowest BCUT2D eigenvalue weighted by Gasteiger charge is -2.31. The van der Waals surface area contributed by atoms with Gasteiger partial charge in [-0.05, 0) is 41.3 Å². The molecule has 1 atom stereocenters. The van der Waals surface area contributed by atoms with Crippen LogP contribution in [0.5, 0.6) is 5.75 Å². The van der Waals surface area contributed by atoms with E-state index in [-0.39, 0.29) is 11.8 Å². The van der Waals surface area contributed by atoms with E-state index in [0.29, 0.717) is 37.4 Å². The van der Waals surface area contributed by atoms with E-state index in [4.69, 9.17) is 16.3 Å². The molecule has 6 heteroatoms. The molecule has 0 heterocycles. The summed E-state index contributed by atoms with van der Waals surface area (Å²) >= 11 is 6.28. The third kappa shape index (κ3) is 7.09. The van der Waals surface area contributed by atoms with Gasteiger partial charge < -0.3 is 15.0 Å². The van der Waals surface area contributed by atoms with Gasteiger partial charge in [0.2, 0.25) is 11.8 Å². The summed E-state index contributed by atoms with van der Waals surface area (Å²) in [5, 5.41) is 3.60. The summed E-state index contributed by atoms with van der Waals surface area (Å²) in [7, 11) is 1.62. The van der Waals surface area contributed by atoms with Crippen LogP contribution in [-0.4, -0.2) is 29.9 Å². The minimum Gasteiger partial charge on any atom is -0.497 e. The Labute approximate surface area is 206 Å². The molecule has 3 aromatic carbocycles. The summed E-state index contributed by atoms with van der Waals surface area (Å²) in [4.78, 5) is 28.4. The second kappa shape index (κ2) is 12.8. The Morgan fingerprint density at radius 3 is 2.26 bits per heavy atom. The summed E-state index contributed by atoms with van der Waals surface area (Å²) in [6, 6.07) is 24.1. The molecule has 0 aliphatic carbocycles. The normalized spacial score (nSPS) is 11.5. The van der Waals surface area contributed by atoms with Crippen molar-refractivity contribution >= 4 is 23.4 Å². The van der Waals surface area contributed by atoms with Gasteiger partial charge in [-0.2, -0.15) is 0 Å². The second-order valence-corrected chi connectivity index (χ2v) is 8.54. The van der Waals surface area contributed by atoms with E-state index in [2.05, 4.69) is 5.32 Å². The van der Waals surface area contributed by atoms with E-state index in [0.717, 1.165) is 22.4 Å². The molecular weight excluding hydrogens is 448 g/mol. The molecule has 0 spiro atoms. The SMILES string of the molecule is CCCC(=O)N(Cc1ccc(OC)cc1)C(Cc1ccccc1)C(=O)NCc1ccccc1Cl. The van der Waals surface area contributed by atoms with Crippen LogP contribution in [0.2, 0.25) is 5.02 Å². The van der Waals surface area contributed by atoms with Gasteiger partial charge in [-0.15, -0.1) is 0 Å². The fraction of sp³-hybridized carbons (Fsp3) is 0.286. The highest BCUT2D eigenvalue weighted by Gasteiger charge is 2.30. The van der Waals surface area contributed by atoms with Crippen LogP contribution in [0.15, 0.2) is 78.9 Å². The van der Waals surface area contributed by atoms with Gasteiger partial charge in [0.15, 0.2) is 0 Å². The van der Waals surface area contributed by atoms with Crippen molar-refractivity contribution in [3.05, 3.63) is 101 Å². The second-order valence-electron chi connectivity index (χ2n) is 8.13. The standard InChI is InChI=1S/C28H31ClN2O3/c1-3-9-27(32)31(20-22-14-16-24(34-2)17-15-22)26(18-21-10-5-4-6-11-21)28(33)30-19-23-12-7-8-13-25(23)29/h4-8,10-17,26H,3,9,18-20H2,1-2H3,(H,30,33). The lowest BCUT2D eigenvalue weighted by molar-refractivity contribution is -0.141. The van der Waals surface area contributed by atoms with Gasteiger partial charge in [-0.25, -0.2) is 0 Å². The molecule has 3 rings (SSSR count). The Bertz CT molecular complexity index is 1070. The fourth-order valence-electron chi connectivity index (χ4n) is 3.78. The van der Waals surface area contributed by atoms with E-state index in [9.17, 15) is 9.59 Å². The van der Waals surface area contributed by atoms with E-state index in [1.807, 2.05) is 79.7 Å². The Balaban J connectivity index is 1.88. The first kappa shape index (κ1) is 25.3. The number of halogens is 1. The third-order valence-electron chi connectivity index (χ3n) is 5.66. The molecule has 1 N–H and O–H groups in total. The smallest absolute Gasteiger partial charge is 0.243 e. The van der Waals surface area contributed by atoms with Crippen molar-refractivity contribution in [2.45, 2.75) is 45.3 Å². The first-order valence-electron chi connectivity index (χ1n) is 11.5. The molecule has 0 saturated carbocycles. The lowest BCUT2D eigenvalue weighted by atomic mass is 10.0. The van der Waals surface area contributed by atoms with Gasteiger partial charge in [0.25, 0.3) is 0 Å². The van der Waals surface area contributed by atoms with E-state index < -0.39 is 6.04 Å². The summed E-state index contributed by atoms with van der Waals surface area (Å²) in [5.74, 6) is 0.488. The van der Waals surface area contributed by atoms with Crippen LogP contribution < -0.4 is 10.1 Å². The number of nitrogens with one attached hydrogen (secondary N) is 1. The zero-order valence-electron chi connectivity index (χ0n) is 19.7. The molecule has 0 aliphatic heterocycles. The van der Waals surface area contributed by atoms with Gasteiger partial charge in [-0.1, -0.05) is 79.2 Å². The molecule has 178 valence electrons. The number of ether oxygens (including phenoxy) is 1. The van der Waals surface area contributed by atoms with Gasteiger partial charge in [0, 0.05) is 31.0 Å². The van der Waals surface area contributed by atoms with Crippen LogP contribution in [0.3, 0.4) is 0 Å². The van der Waals surface area contributed by atoms with Crippen molar-refractivity contribution in [3.63, 3.8) is 0 Å². The molecule has 0 radical (unpaired) electrons. The maximum atomic E-state index is 13.5. The average molecular weight is 479 g/mol. The quantitative estimate of drug-likeness (QED) is 0.401. The average Bonchev–Trinajstić information content (AvgIpc) is 2.86. The number of carbonyl (C=O) groups is 2. The predicted molar refractivity (Wildman–Crippen MR) is 136 cm³/mol. The van der Waals surface area contributed by atoms with Crippen LogP contribution in [0.25, 0.3) is 0 Å². The monoisotopic (exact) mass is 478 g/mol. The Morgan fingerprint density at radius 2 is 1.62 bits per heavy atom. The van der Waals surface area contributed by atoms with Crippen LogP contribution in [0.4, 0.5) is 0 Å². The van der Waals surface area contributed by atoms with Crippen molar-refractivity contribution in [1.29, 1.82) is 0 Å².